The summed E-state index contributed by atoms with van der Waals surface area (Å²) in [6.07, 6.45) is 1.19. The van der Waals surface area contributed by atoms with Crippen LogP contribution in [0.2, 0.25) is 0 Å². The van der Waals surface area contributed by atoms with Crippen LogP contribution in [0.25, 0.3) is 0 Å². The first-order valence-corrected chi connectivity index (χ1v) is 10.6. The van der Waals surface area contributed by atoms with Gasteiger partial charge in [0.25, 0.3) is 0 Å². The minimum Gasteiger partial charge on any atom is -0.341 e. The van der Waals surface area contributed by atoms with Crippen molar-refractivity contribution >= 4 is 17.5 Å². The molecule has 3 atom stereocenters. The highest BCUT2D eigenvalue weighted by Crippen LogP contribution is 2.22. The maximum Gasteiger partial charge on any atom is 0.239 e. The number of hydrogen-bond donors (Lipinski definition) is 1. The quantitative estimate of drug-likeness (QED) is 0.818. The fraction of sp³-hybridized carbons (Fsp3) is 0.636. The minimum atomic E-state index is -0.323. The second-order valence-electron chi connectivity index (χ2n) is 8.73. The predicted octanol–water partition coefficient (Wildman–Crippen LogP) is 2.27. The van der Waals surface area contributed by atoms with Gasteiger partial charge in [-0.05, 0) is 49.4 Å². The van der Waals surface area contributed by atoms with Crippen LogP contribution < -0.4 is 5.32 Å². The third-order valence-corrected chi connectivity index (χ3v) is 5.99. The highest BCUT2D eigenvalue weighted by molar-refractivity contribution is 5.92. The normalized spacial score (nSPS) is 24.9. The van der Waals surface area contributed by atoms with Crippen molar-refractivity contribution in [3.63, 3.8) is 0 Å². The molecule has 0 aromatic heterocycles. The lowest BCUT2D eigenvalue weighted by molar-refractivity contribution is -0.140. The molecule has 160 valence electrons. The largest absolute Gasteiger partial charge is 0.341 e. The van der Waals surface area contributed by atoms with Gasteiger partial charge in [0.2, 0.25) is 11.8 Å². The number of carbonyl (C=O) groups is 2. The molecule has 0 aliphatic carbocycles. The molecule has 3 rings (SSSR count). The Hall–Kier alpha value is -1.99. The molecule has 2 aliphatic heterocycles. The van der Waals surface area contributed by atoms with Crippen LogP contribution >= 0.6 is 0 Å². The standard InChI is InChI=1S/C22H33FN4O2/c1-16-12-17(2)14-27(13-16)22(29)18(3)26-10-8-25(9-11-26)15-21(28)24-20-6-4-19(23)5-7-20/h4-7,16-18H,8-15H2,1-3H3,(H,24,28)/t16-,17+,18-/m0/s1. The summed E-state index contributed by atoms with van der Waals surface area (Å²) in [6, 6.07) is 5.65. The smallest absolute Gasteiger partial charge is 0.239 e. The number of hydrogen-bond acceptors (Lipinski definition) is 4. The van der Waals surface area contributed by atoms with Crippen molar-refractivity contribution in [2.75, 3.05) is 51.1 Å². The molecule has 0 spiro atoms. The zero-order valence-corrected chi connectivity index (χ0v) is 17.7. The Morgan fingerprint density at radius 2 is 1.66 bits per heavy atom. The second-order valence-corrected chi connectivity index (χ2v) is 8.73. The minimum absolute atomic E-state index is 0.106. The summed E-state index contributed by atoms with van der Waals surface area (Å²) in [6.45, 7) is 11.5. The molecule has 2 saturated heterocycles. The lowest BCUT2D eigenvalue weighted by atomic mass is 9.91. The predicted molar refractivity (Wildman–Crippen MR) is 112 cm³/mol. The van der Waals surface area contributed by atoms with E-state index in [1.54, 1.807) is 12.1 Å². The first-order valence-electron chi connectivity index (χ1n) is 10.6. The molecule has 0 bridgehead atoms. The van der Waals surface area contributed by atoms with Crippen molar-refractivity contribution in [3.05, 3.63) is 30.1 Å². The van der Waals surface area contributed by atoms with Crippen molar-refractivity contribution in [3.8, 4) is 0 Å². The summed E-state index contributed by atoms with van der Waals surface area (Å²) in [4.78, 5) is 31.5. The van der Waals surface area contributed by atoms with Crippen LogP contribution in [-0.4, -0.2) is 78.4 Å². The Labute approximate surface area is 173 Å². The average Bonchev–Trinajstić information content (AvgIpc) is 2.68. The number of likely N-dealkylation sites (tertiary alicyclic amines) is 1. The van der Waals surface area contributed by atoms with Gasteiger partial charge in [0, 0.05) is 45.0 Å². The zero-order chi connectivity index (χ0) is 21.0. The van der Waals surface area contributed by atoms with Gasteiger partial charge in [-0.15, -0.1) is 0 Å². The molecule has 6 nitrogen and oxygen atoms in total. The molecule has 0 radical (unpaired) electrons. The zero-order valence-electron chi connectivity index (χ0n) is 17.7. The van der Waals surface area contributed by atoms with Crippen LogP contribution in [0, 0.1) is 17.7 Å². The summed E-state index contributed by atoms with van der Waals surface area (Å²) in [5.41, 5.74) is 0.597. The van der Waals surface area contributed by atoms with Gasteiger partial charge in [0.15, 0.2) is 0 Å². The highest BCUT2D eigenvalue weighted by Gasteiger charge is 2.32. The van der Waals surface area contributed by atoms with E-state index in [2.05, 4.69) is 29.0 Å². The molecule has 1 aromatic carbocycles. The van der Waals surface area contributed by atoms with Crippen LogP contribution in [0.4, 0.5) is 10.1 Å². The van der Waals surface area contributed by atoms with E-state index in [4.69, 9.17) is 0 Å². The number of benzene rings is 1. The molecule has 2 aliphatic rings. The number of rotatable bonds is 5. The van der Waals surface area contributed by atoms with Crippen molar-refractivity contribution in [2.24, 2.45) is 11.8 Å². The van der Waals surface area contributed by atoms with Gasteiger partial charge < -0.3 is 10.2 Å². The summed E-state index contributed by atoms with van der Waals surface area (Å²) in [5.74, 6) is 0.922. The molecule has 0 unspecified atom stereocenters. The molecule has 7 heteroatoms. The van der Waals surface area contributed by atoms with Gasteiger partial charge in [-0.1, -0.05) is 13.8 Å². The maximum absolute atomic E-state index is 13.0. The summed E-state index contributed by atoms with van der Waals surface area (Å²) >= 11 is 0. The van der Waals surface area contributed by atoms with E-state index in [0.29, 0.717) is 24.1 Å². The average molecular weight is 405 g/mol. The number of anilines is 1. The number of carbonyl (C=O) groups excluding carboxylic acids is 2. The maximum atomic E-state index is 13.0. The molecular formula is C22H33FN4O2. The van der Waals surface area contributed by atoms with Crippen LogP contribution in [0.15, 0.2) is 24.3 Å². The molecular weight excluding hydrogens is 371 g/mol. The molecule has 2 heterocycles. The molecule has 0 saturated carbocycles. The topological polar surface area (TPSA) is 55.9 Å². The third kappa shape index (κ3) is 6.00. The Morgan fingerprint density at radius 3 is 2.24 bits per heavy atom. The van der Waals surface area contributed by atoms with Crippen LogP contribution in [0.3, 0.4) is 0 Å². The summed E-state index contributed by atoms with van der Waals surface area (Å²) in [7, 11) is 0. The Balaban J connectivity index is 1.44. The number of amides is 2. The number of nitrogens with one attached hydrogen (secondary N) is 1. The Morgan fingerprint density at radius 1 is 1.07 bits per heavy atom. The van der Waals surface area contributed by atoms with Crippen molar-refractivity contribution in [1.82, 2.24) is 14.7 Å². The van der Waals surface area contributed by atoms with E-state index < -0.39 is 0 Å². The molecule has 1 aromatic rings. The molecule has 2 fully saturated rings. The lowest BCUT2D eigenvalue weighted by Crippen LogP contribution is -2.56. The number of piperazine rings is 1. The monoisotopic (exact) mass is 404 g/mol. The van der Waals surface area contributed by atoms with Crippen molar-refractivity contribution in [2.45, 2.75) is 33.2 Å². The SMILES string of the molecule is C[C@@H]1C[C@H](C)CN(C(=O)[C@H](C)N2CCN(CC(=O)Nc3ccc(F)cc3)CC2)C1. The molecule has 29 heavy (non-hydrogen) atoms. The van der Waals surface area contributed by atoms with E-state index in [1.807, 2.05) is 11.8 Å². The number of piperidine rings is 1. The van der Waals surface area contributed by atoms with E-state index in [0.717, 1.165) is 39.3 Å². The van der Waals surface area contributed by atoms with Gasteiger partial charge >= 0.3 is 0 Å². The van der Waals surface area contributed by atoms with Crippen LogP contribution in [0.5, 0.6) is 0 Å². The van der Waals surface area contributed by atoms with Crippen molar-refractivity contribution < 1.29 is 14.0 Å². The fourth-order valence-corrected chi connectivity index (χ4v) is 4.51. The van der Waals surface area contributed by atoms with Crippen LogP contribution in [0.1, 0.15) is 27.2 Å². The van der Waals surface area contributed by atoms with E-state index in [-0.39, 0.29) is 23.7 Å². The van der Waals surface area contributed by atoms with E-state index in [9.17, 15) is 14.0 Å². The molecule has 1 N–H and O–H groups in total. The Kier molecular flexibility index (Phi) is 7.24. The van der Waals surface area contributed by atoms with E-state index in [1.165, 1.54) is 18.6 Å². The van der Waals surface area contributed by atoms with Gasteiger partial charge in [0.1, 0.15) is 5.82 Å². The highest BCUT2D eigenvalue weighted by atomic mass is 19.1. The Bertz CT molecular complexity index is 693. The molecule has 2 amide bonds. The number of halogens is 1. The van der Waals surface area contributed by atoms with Crippen LogP contribution in [-0.2, 0) is 9.59 Å². The fourth-order valence-electron chi connectivity index (χ4n) is 4.51. The van der Waals surface area contributed by atoms with E-state index >= 15 is 0 Å². The van der Waals surface area contributed by atoms with Gasteiger partial charge in [-0.2, -0.15) is 0 Å². The van der Waals surface area contributed by atoms with Crippen molar-refractivity contribution in [1.29, 1.82) is 0 Å². The number of nitrogens with zero attached hydrogens (tertiary/aromatic N) is 3. The van der Waals surface area contributed by atoms with Gasteiger partial charge in [0.05, 0.1) is 12.6 Å². The first kappa shape index (κ1) is 21.7. The third-order valence-electron chi connectivity index (χ3n) is 5.99. The van der Waals surface area contributed by atoms with Gasteiger partial charge in [-0.25, -0.2) is 4.39 Å². The summed E-state index contributed by atoms with van der Waals surface area (Å²) < 4.78 is 13.0. The first-order chi connectivity index (χ1) is 13.8. The summed E-state index contributed by atoms with van der Waals surface area (Å²) in [5, 5.41) is 2.80. The van der Waals surface area contributed by atoms with Gasteiger partial charge in [-0.3, -0.25) is 19.4 Å². The second kappa shape index (κ2) is 9.67. The lowest BCUT2D eigenvalue weighted by Gasteiger charge is -2.41.